The van der Waals surface area contributed by atoms with Crippen LogP contribution >= 0.6 is 21.6 Å². The van der Waals surface area contributed by atoms with Crippen LogP contribution in [0.3, 0.4) is 0 Å². The molecule has 0 bridgehead atoms. The molecule has 2 aromatic rings. The van der Waals surface area contributed by atoms with E-state index in [0.29, 0.717) is 0 Å². The maximum atomic E-state index is 11.0. The second-order valence-corrected chi connectivity index (χ2v) is 6.27. The number of hydrogen-bond acceptors (Lipinski definition) is 4. The number of benzene rings is 1. The zero-order valence-corrected chi connectivity index (χ0v) is 11.7. The molecule has 19 heavy (non-hydrogen) atoms. The number of hydrogen-bond donors (Lipinski definition) is 1. The van der Waals surface area contributed by atoms with Crippen LogP contribution in [0.4, 0.5) is 0 Å². The number of carboxylic acids is 1. The maximum Gasteiger partial charge on any atom is 0.304 e. The first-order chi connectivity index (χ1) is 9.25. The quantitative estimate of drug-likeness (QED) is 0.814. The summed E-state index contributed by atoms with van der Waals surface area (Å²) in [6.45, 7) is 0. The van der Waals surface area contributed by atoms with Crippen molar-refractivity contribution in [1.82, 2.24) is 4.98 Å². The van der Waals surface area contributed by atoms with Crippen molar-refractivity contribution in [3.8, 4) is 0 Å². The van der Waals surface area contributed by atoms with Gasteiger partial charge in [-0.05, 0) is 28.5 Å². The van der Waals surface area contributed by atoms with E-state index in [1.807, 2.05) is 48.5 Å². The second-order valence-electron chi connectivity index (χ2n) is 3.84. The molecule has 1 aromatic heterocycles. The van der Waals surface area contributed by atoms with Crippen LogP contribution in [0.15, 0.2) is 59.8 Å². The fraction of sp³-hybridized carbons (Fsp3) is 0.143. The minimum absolute atomic E-state index is 0.0780. The highest BCUT2D eigenvalue weighted by Gasteiger charge is 2.16. The molecule has 0 aliphatic rings. The van der Waals surface area contributed by atoms with Crippen LogP contribution in [0.2, 0.25) is 0 Å². The fourth-order valence-electron chi connectivity index (χ4n) is 1.54. The van der Waals surface area contributed by atoms with E-state index in [2.05, 4.69) is 4.98 Å². The molecule has 0 spiro atoms. The average Bonchev–Trinajstić information content (AvgIpc) is 2.45. The van der Waals surface area contributed by atoms with Crippen LogP contribution in [-0.2, 0) is 4.79 Å². The van der Waals surface area contributed by atoms with Crippen molar-refractivity contribution in [2.24, 2.45) is 0 Å². The number of aliphatic carboxylic acids is 1. The standard InChI is InChI=1S/C14H13NO2S2/c16-14(17)10-12(11-6-2-1-3-7-11)18-19-13-8-4-5-9-15-13/h1-9,12H,10H2,(H,16,17). The van der Waals surface area contributed by atoms with Gasteiger partial charge in [-0.2, -0.15) is 0 Å². The highest BCUT2D eigenvalue weighted by molar-refractivity contribution is 8.76. The van der Waals surface area contributed by atoms with Gasteiger partial charge in [0.1, 0.15) is 5.03 Å². The van der Waals surface area contributed by atoms with Gasteiger partial charge in [0.05, 0.1) is 11.7 Å². The van der Waals surface area contributed by atoms with E-state index in [-0.39, 0.29) is 11.7 Å². The van der Waals surface area contributed by atoms with Crippen molar-refractivity contribution in [2.75, 3.05) is 0 Å². The monoisotopic (exact) mass is 291 g/mol. The third kappa shape index (κ3) is 4.61. The van der Waals surface area contributed by atoms with Crippen molar-refractivity contribution < 1.29 is 9.90 Å². The number of aromatic nitrogens is 1. The molecule has 0 fully saturated rings. The van der Waals surface area contributed by atoms with Gasteiger partial charge in [0.25, 0.3) is 0 Å². The van der Waals surface area contributed by atoms with E-state index in [0.717, 1.165) is 10.6 Å². The Morgan fingerprint density at radius 2 is 1.89 bits per heavy atom. The molecule has 0 saturated carbocycles. The van der Waals surface area contributed by atoms with Gasteiger partial charge >= 0.3 is 5.97 Å². The second kappa shape index (κ2) is 7.21. The lowest BCUT2D eigenvalue weighted by Crippen LogP contribution is -2.02. The summed E-state index contributed by atoms with van der Waals surface area (Å²) in [5, 5.41) is 9.81. The lowest BCUT2D eigenvalue weighted by molar-refractivity contribution is -0.137. The predicted molar refractivity (Wildman–Crippen MR) is 79.1 cm³/mol. The number of carbonyl (C=O) groups is 1. The minimum atomic E-state index is -0.789. The van der Waals surface area contributed by atoms with Crippen molar-refractivity contribution in [3.63, 3.8) is 0 Å². The third-order valence-electron chi connectivity index (χ3n) is 2.42. The lowest BCUT2D eigenvalue weighted by Gasteiger charge is -2.13. The van der Waals surface area contributed by atoms with Gasteiger partial charge in [-0.1, -0.05) is 47.2 Å². The number of carboxylic acid groups (broad SMARTS) is 1. The molecule has 0 aliphatic heterocycles. The molecule has 0 saturated heterocycles. The number of pyridine rings is 1. The van der Waals surface area contributed by atoms with Crippen LogP contribution in [0.1, 0.15) is 17.2 Å². The normalized spacial score (nSPS) is 12.0. The SMILES string of the molecule is O=C(O)CC(SSc1ccccn1)c1ccccc1. The van der Waals surface area contributed by atoms with E-state index in [1.165, 1.54) is 21.6 Å². The molecular weight excluding hydrogens is 278 g/mol. The highest BCUT2D eigenvalue weighted by Crippen LogP contribution is 2.43. The summed E-state index contributed by atoms with van der Waals surface area (Å²) in [7, 11) is 3.04. The van der Waals surface area contributed by atoms with Crippen LogP contribution in [0, 0.1) is 0 Å². The molecule has 1 N–H and O–H groups in total. The summed E-state index contributed by atoms with van der Waals surface area (Å²) in [6, 6.07) is 15.4. The largest absolute Gasteiger partial charge is 0.481 e. The van der Waals surface area contributed by atoms with E-state index >= 15 is 0 Å². The Morgan fingerprint density at radius 1 is 1.16 bits per heavy atom. The Hall–Kier alpha value is -1.46. The number of rotatable bonds is 6. The smallest absolute Gasteiger partial charge is 0.304 e. The molecule has 2 rings (SSSR count). The molecular formula is C14H13NO2S2. The van der Waals surface area contributed by atoms with Crippen molar-refractivity contribution in [2.45, 2.75) is 16.7 Å². The molecule has 0 radical (unpaired) electrons. The zero-order chi connectivity index (χ0) is 13.5. The molecule has 0 amide bonds. The Balaban J connectivity index is 2.04. The molecule has 1 aromatic carbocycles. The summed E-state index contributed by atoms with van der Waals surface area (Å²) >= 11 is 0. The Kier molecular flexibility index (Phi) is 5.30. The van der Waals surface area contributed by atoms with Crippen molar-refractivity contribution in [1.29, 1.82) is 0 Å². The van der Waals surface area contributed by atoms with Gasteiger partial charge in [0.15, 0.2) is 0 Å². The third-order valence-corrected chi connectivity index (χ3v) is 5.10. The van der Waals surface area contributed by atoms with Gasteiger partial charge in [0.2, 0.25) is 0 Å². The molecule has 1 atom stereocenters. The highest BCUT2D eigenvalue weighted by atomic mass is 33.1. The van der Waals surface area contributed by atoms with Crippen LogP contribution in [0.5, 0.6) is 0 Å². The average molecular weight is 291 g/mol. The van der Waals surface area contributed by atoms with Gasteiger partial charge in [-0.3, -0.25) is 4.79 Å². The molecule has 1 unspecified atom stereocenters. The number of nitrogens with zero attached hydrogens (tertiary/aromatic N) is 1. The van der Waals surface area contributed by atoms with Crippen molar-refractivity contribution in [3.05, 3.63) is 60.3 Å². The summed E-state index contributed by atoms with van der Waals surface area (Å²) < 4.78 is 0. The van der Waals surface area contributed by atoms with E-state index in [1.54, 1.807) is 6.20 Å². The first-order valence-electron chi connectivity index (χ1n) is 5.77. The van der Waals surface area contributed by atoms with Gasteiger partial charge in [-0.25, -0.2) is 4.98 Å². The van der Waals surface area contributed by atoms with Crippen molar-refractivity contribution >= 4 is 27.6 Å². The van der Waals surface area contributed by atoms with Gasteiger partial charge in [-0.15, -0.1) is 0 Å². The van der Waals surface area contributed by atoms with E-state index in [9.17, 15) is 4.79 Å². The molecule has 5 heteroatoms. The van der Waals surface area contributed by atoms with Gasteiger partial charge in [0, 0.05) is 6.20 Å². The lowest BCUT2D eigenvalue weighted by atomic mass is 10.1. The summed E-state index contributed by atoms with van der Waals surface area (Å²) in [6.07, 6.45) is 1.84. The van der Waals surface area contributed by atoms with E-state index < -0.39 is 5.97 Å². The fourth-order valence-corrected chi connectivity index (χ4v) is 3.95. The molecule has 98 valence electrons. The Labute approximate surface area is 119 Å². The molecule has 3 nitrogen and oxygen atoms in total. The summed E-state index contributed by atoms with van der Waals surface area (Å²) in [4.78, 5) is 15.2. The molecule has 0 aliphatic carbocycles. The van der Waals surface area contributed by atoms with Crippen LogP contribution < -0.4 is 0 Å². The maximum absolute atomic E-state index is 11.0. The predicted octanol–water partition coefficient (Wildman–Crippen LogP) is 4.04. The van der Waals surface area contributed by atoms with Gasteiger partial charge < -0.3 is 5.11 Å². The first kappa shape index (κ1) is 14.0. The summed E-state index contributed by atoms with van der Waals surface area (Å²) in [5.74, 6) is -0.789. The Bertz CT molecular complexity index is 519. The van der Waals surface area contributed by atoms with E-state index in [4.69, 9.17) is 5.11 Å². The minimum Gasteiger partial charge on any atom is -0.481 e. The topological polar surface area (TPSA) is 50.2 Å². The van der Waals surface area contributed by atoms with Crippen LogP contribution in [0.25, 0.3) is 0 Å². The van der Waals surface area contributed by atoms with Crippen LogP contribution in [-0.4, -0.2) is 16.1 Å². The molecule has 1 heterocycles. The first-order valence-corrected chi connectivity index (χ1v) is 7.98. The Morgan fingerprint density at radius 3 is 2.53 bits per heavy atom. The zero-order valence-electron chi connectivity index (χ0n) is 10.1. The summed E-state index contributed by atoms with van der Waals surface area (Å²) in [5.41, 5.74) is 1.03.